The van der Waals surface area contributed by atoms with E-state index in [0.717, 1.165) is 36.2 Å². The van der Waals surface area contributed by atoms with Crippen LogP contribution in [-0.4, -0.2) is 27.6 Å². The van der Waals surface area contributed by atoms with Gasteiger partial charge in [-0.3, -0.25) is 9.10 Å². The summed E-state index contributed by atoms with van der Waals surface area (Å²) in [6, 6.07) is 9.97. The number of anilines is 2. The number of amides is 1. The second kappa shape index (κ2) is 10.1. The summed E-state index contributed by atoms with van der Waals surface area (Å²) >= 11 is 12.3. The van der Waals surface area contributed by atoms with Gasteiger partial charge in [-0.05, 0) is 43.2 Å². The molecule has 2 aromatic rings. The van der Waals surface area contributed by atoms with Gasteiger partial charge in [0.2, 0.25) is 15.9 Å². The predicted octanol–water partition coefficient (Wildman–Crippen LogP) is 5.49. The van der Waals surface area contributed by atoms with Crippen LogP contribution in [0.3, 0.4) is 0 Å². The van der Waals surface area contributed by atoms with Crippen LogP contribution in [0.5, 0.6) is 5.75 Å². The monoisotopic (exact) mass is 484 g/mol. The topological polar surface area (TPSA) is 75.7 Å². The number of benzene rings is 2. The van der Waals surface area contributed by atoms with Gasteiger partial charge in [0, 0.05) is 40.3 Å². The Kier molecular flexibility index (Phi) is 7.73. The van der Waals surface area contributed by atoms with Gasteiger partial charge in [0.05, 0.1) is 11.9 Å². The number of carbonyl (C=O) groups is 1. The van der Waals surface area contributed by atoms with E-state index in [1.165, 1.54) is 13.5 Å². The highest BCUT2D eigenvalue weighted by atomic mass is 35.5. The van der Waals surface area contributed by atoms with E-state index in [4.69, 9.17) is 27.9 Å². The zero-order valence-corrected chi connectivity index (χ0v) is 19.9. The highest BCUT2D eigenvalue weighted by molar-refractivity contribution is 7.92. The Labute approximate surface area is 193 Å². The van der Waals surface area contributed by atoms with E-state index in [9.17, 15) is 13.2 Å². The maximum atomic E-state index is 12.6. The molecule has 0 heterocycles. The van der Waals surface area contributed by atoms with E-state index >= 15 is 0 Å². The van der Waals surface area contributed by atoms with Crippen molar-refractivity contribution >= 4 is 50.5 Å². The molecule has 0 bridgehead atoms. The first-order chi connectivity index (χ1) is 14.6. The molecular weight excluding hydrogens is 459 g/mol. The molecule has 1 saturated carbocycles. The first kappa shape index (κ1) is 23.7. The molecule has 0 spiro atoms. The van der Waals surface area contributed by atoms with Crippen LogP contribution in [0.15, 0.2) is 36.4 Å². The van der Waals surface area contributed by atoms with Gasteiger partial charge in [0.25, 0.3) is 0 Å². The summed E-state index contributed by atoms with van der Waals surface area (Å²) in [6.45, 7) is 0.0873. The fourth-order valence-corrected chi connectivity index (χ4v) is 4.44. The lowest BCUT2D eigenvalue weighted by atomic mass is 9.88. The van der Waals surface area contributed by atoms with Crippen molar-refractivity contribution in [2.24, 2.45) is 5.92 Å². The van der Waals surface area contributed by atoms with Gasteiger partial charge in [-0.25, -0.2) is 8.42 Å². The zero-order chi connectivity index (χ0) is 22.6. The van der Waals surface area contributed by atoms with E-state index in [1.807, 2.05) is 0 Å². The van der Waals surface area contributed by atoms with Crippen LogP contribution in [0, 0.1) is 5.92 Å². The molecule has 3 rings (SSSR count). The lowest BCUT2D eigenvalue weighted by Gasteiger charge is -2.23. The summed E-state index contributed by atoms with van der Waals surface area (Å²) in [7, 11) is -2.06. The largest absolute Gasteiger partial charge is 0.487 e. The summed E-state index contributed by atoms with van der Waals surface area (Å²) in [6.07, 6.45) is 6.17. The van der Waals surface area contributed by atoms with E-state index in [-0.39, 0.29) is 18.4 Å². The molecule has 9 heteroatoms. The molecule has 0 atom stereocenters. The van der Waals surface area contributed by atoms with Crippen molar-refractivity contribution in [2.75, 3.05) is 22.9 Å². The maximum absolute atomic E-state index is 12.6. The van der Waals surface area contributed by atoms with Gasteiger partial charge >= 0.3 is 0 Å². The third kappa shape index (κ3) is 6.28. The maximum Gasteiger partial charge on any atom is 0.232 e. The lowest BCUT2D eigenvalue weighted by Crippen LogP contribution is -2.26. The Hall–Kier alpha value is -1.96. The number of ether oxygens (including phenoxy) is 1. The van der Waals surface area contributed by atoms with Crippen molar-refractivity contribution in [3.63, 3.8) is 0 Å². The van der Waals surface area contributed by atoms with Crippen molar-refractivity contribution in [2.45, 2.75) is 38.7 Å². The summed E-state index contributed by atoms with van der Waals surface area (Å²) in [5.74, 6) is 0.292. The standard InChI is InChI=1S/C22H26Cl2N2O4S/c1-26(31(2,28)29)20-11-9-18(25-22(27)15-6-4-3-5-7-15)13-21(20)30-14-16-12-17(23)8-10-19(16)24/h8-13,15H,3-7,14H2,1-2H3,(H,25,27). The van der Waals surface area contributed by atoms with Gasteiger partial charge in [-0.15, -0.1) is 0 Å². The van der Waals surface area contributed by atoms with Crippen LogP contribution in [0.25, 0.3) is 0 Å². The van der Waals surface area contributed by atoms with E-state index < -0.39 is 10.0 Å². The molecule has 0 saturated heterocycles. The van der Waals surface area contributed by atoms with E-state index in [0.29, 0.717) is 32.7 Å². The molecule has 0 aromatic heterocycles. The highest BCUT2D eigenvalue weighted by Crippen LogP contribution is 2.34. The second-order valence-corrected chi connectivity index (χ2v) is 10.6. The van der Waals surface area contributed by atoms with Crippen molar-refractivity contribution in [1.29, 1.82) is 0 Å². The molecule has 6 nitrogen and oxygen atoms in total. The molecule has 1 aliphatic carbocycles. The van der Waals surface area contributed by atoms with Crippen molar-refractivity contribution in [1.82, 2.24) is 0 Å². The molecule has 0 unspecified atom stereocenters. The molecular formula is C22H26Cl2N2O4S. The number of halogens is 2. The minimum absolute atomic E-state index is 0.00163. The summed E-state index contributed by atoms with van der Waals surface area (Å²) in [4.78, 5) is 12.6. The summed E-state index contributed by atoms with van der Waals surface area (Å²) < 4.78 is 31.3. The zero-order valence-electron chi connectivity index (χ0n) is 17.5. The van der Waals surface area contributed by atoms with Crippen LogP contribution >= 0.6 is 23.2 Å². The van der Waals surface area contributed by atoms with Gasteiger partial charge < -0.3 is 10.1 Å². The van der Waals surface area contributed by atoms with Crippen molar-refractivity contribution < 1.29 is 17.9 Å². The Morgan fingerprint density at radius 3 is 2.52 bits per heavy atom. The average molecular weight is 485 g/mol. The molecule has 31 heavy (non-hydrogen) atoms. The second-order valence-electron chi connectivity index (χ2n) is 7.76. The molecule has 1 N–H and O–H groups in total. The number of hydrogen-bond acceptors (Lipinski definition) is 4. The van der Waals surface area contributed by atoms with Crippen LogP contribution in [0.2, 0.25) is 10.0 Å². The van der Waals surface area contributed by atoms with Gasteiger partial charge in [0.1, 0.15) is 12.4 Å². The molecule has 1 fully saturated rings. The van der Waals surface area contributed by atoms with E-state index in [2.05, 4.69) is 5.32 Å². The Morgan fingerprint density at radius 2 is 1.84 bits per heavy atom. The minimum atomic E-state index is -3.51. The molecule has 1 amide bonds. The van der Waals surface area contributed by atoms with Crippen molar-refractivity contribution in [3.8, 4) is 5.75 Å². The van der Waals surface area contributed by atoms with Crippen LogP contribution in [0.1, 0.15) is 37.7 Å². The third-order valence-electron chi connectivity index (χ3n) is 5.43. The van der Waals surface area contributed by atoms with Gasteiger partial charge in [-0.1, -0.05) is 42.5 Å². The molecule has 1 aliphatic rings. The molecule has 2 aromatic carbocycles. The normalized spacial score (nSPS) is 14.8. The number of sulfonamides is 1. The first-order valence-electron chi connectivity index (χ1n) is 10.1. The number of nitrogens with zero attached hydrogens (tertiary/aromatic N) is 1. The Balaban J connectivity index is 1.86. The van der Waals surface area contributed by atoms with E-state index in [1.54, 1.807) is 36.4 Å². The minimum Gasteiger partial charge on any atom is -0.487 e. The highest BCUT2D eigenvalue weighted by Gasteiger charge is 2.22. The smallest absolute Gasteiger partial charge is 0.232 e. The SMILES string of the molecule is CN(c1ccc(NC(=O)C2CCCCC2)cc1OCc1cc(Cl)ccc1Cl)S(C)(=O)=O. The average Bonchev–Trinajstić information content (AvgIpc) is 2.74. The Morgan fingerprint density at radius 1 is 1.13 bits per heavy atom. The number of hydrogen-bond donors (Lipinski definition) is 1. The van der Waals surface area contributed by atoms with Crippen LogP contribution in [0.4, 0.5) is 11.4 Å². The molecule has 0 aliphatic heterocycles. The fraction of sp³-hybridized carbons (Fsp3) is 0.409. The van der Waals surface area contributed by atoms with Crippen molar-refractivity contribution in [3.05, 3.63) is 52.0 Å². The Bertz CT molecular complexity index is 1050. The number of carbonyl (C=O) groups excluding carboxylic acids is 1. The summed E-state index contributed by atoms with van der Waals surface area (Å²) in [5, 5.41) is 3.95. The molecule has 0 radical (unpaired) electrons. The lowest BCUT2D eigenvalue weighted by molar-refractivity contribution is -0.120. The van der Waals surface area contributed by atoms with Gasteiger partial charge in [0.15, 0.2) is 0 Å². The van der Waals surface area contributed by atoms with Crippen LogP contribution < -0.4 is 14.4 Å². The predicted molar refractivity (Wildman–Crippen MR) is 126 cm³/mol. The number of nitrogens with one attached hydrogen (secondary N) is 1. The first-order valence-corrected chi connectivity index (χ1v) is 12.7. The van der Waals surface area contributed by atoms with Crippen LogP contribution in [-0.2, 0) is 21.4 Å². The van der Waals surface area contributed by atoms with Gasteiger partial charge in [-0.2, -0.15) is 0 Å². The summed E-state index contributed by atoms with van der Waals surface area (Å²) in [5.41, 5.74) is 1.57. The fourth-order valence-electron chi connectivity index (χ4n) is 3.56. The quantitative estimate of drug-likeness (QED) is 0.563. The number of rotatable bonds is 7. The molecule has 168 valence electrons. The third-order valence-corrected chi connectivity index (χ3v) is 7.23.